The topological polar surface area (TPSA) is 26.3 Å². The monoisotopic (exact) mass is 592 g/mol. The van der Waals surface area contributed by atoms with Gasteiger partial charge in [-0.05, 0) is 31.6 Å². The van der Waals surface area contributed by atoms with Gasteiger partial charge in [0.1, 0.15) is -0.565 Å². The summed E-state index contributed by atoms with van der Waals surface area (Å²) < 4.78 is 5.16. The largest absolute Gasteiger partial charge is 0.469 e. The van der Waals surface area contributed by atoms with Crippen molar-refractivity contribution in [2.45, 2.75) is 45.9 Å². The molecule has 0 saturated heterocycles. The van der Waals surface area contributed by atoms with Crippen molar-refractivity contribution in [1.29, 1.82) is 0 Å². The van der Waals surface area contributed by atoms with Gasteiger partial charge in [-0.15, -0.1) is 0 Å². The highest BCUT2D eigenvalue weighted by Gasteiger charge is 2.27. The van der Waals surface area contributed by atoms with Gasteiger partial charge in [-0.2, -0.15) is 0 Å². The average molecular weight is 592 g/mol. The number of esters is 1. The predicted octanol–water partition coefficient (Wildman–Crippen LogP) is 5.59. The number of hydrogen-bond acceptors (Lipinski definition) is 2. The maximum absolute atomic E-state index is 11.3. The molecular weight excluding hydrogens is 569 g/mol. The molecule has 0 bridgehead atoms. The molecule has 1 saturated carbocycles. The second-order valence-electron chi connectivity index (χ2n) is 5.11. The number of hydrogen-bond donors (Lipinski definition) is 0. The lowest BCUT2D eigenvalue weighted by atomic mass is 9.77. The van der Waals surface area contributed by atoms with Gasteiger partial charge in [0.2, 0.25) is 0 Å². The molecule has 0 amide bonds. The minimum atomic E-state index is -0.0421. The van der Waals surface area contributed by atoms with E-state index in [1.54, 1.807) is 0 Å². The van der Waals surface area contributed by atoms with Crippen molar-refractivity contribution >= 4 is 73.7 Å². The second-order valence-corrected chi connectivity index (χ2v) is 17.8. The first-order valence-corrected chi connectivity index (χ1v) is 9.53. The molecule has 1 aliphatic carbocycles. The summed E-state index contributed by atoms with van der Waals surface area (Å²) >= 11 is 7.05. The van der Waals surface area contributed by atoms with Gasteiger partial charge >= 0.3 is 5.97 Å². The fourth-order valence-electron chi connectivity index (χ4n) is 2.16. The smallest absolute Gasteiger partial charge is 0.308 e. The van der Waals surface area contributed by atoms with Gasteiger partial charge in [-0.1, -0.05) is 94.5 Å². The molecule has 0 aromatic rings. The average Bonchev–Trinajstić information content (AvgIpc) is 2.26. The van der Waals surface area contributed by atoms with Crippen LogP contribution in [0.5, 0.6) is 0 Å². The van der Waals surface area contributed by atoms with Gasteiger partial charge in [0.15, 0.2) is 0 Å². The van der Waals surface area contributed by atoms with Crippen LogP contribution >= 0.6 is 67.8 Å². The van der Waals surface area contributed by atoms with Crippen molar-refractivity contribution in [3.8, 4) is 0 Å². The van der Waals surface area contributed by atoms with Gasteiger partial charge in [0.25, 0.3) is 0 Å². The molecule has 1 unspecified atom stereocenters. The summed E-state index contributed by atoms with van der Waals surface area (Å²) in [6, 6.07) is 0. The fourth-order valence-corrected chi connectivity index (χ4v) is 2.16. The van der Waals surface area contributed by atoms with Crippen LogP contribution in [0.4, 0.5) is 0 Å². The Labute approximate surface area is 152 Å². The summed E-state index contributed by atoms with van der Waals surface area (Å²) in [6.45, 7) is 6.43. The number of carbonyl (C=O) groups is 1. The molecule has 1 fully saturated rings. The Morgan fingerprint density at radius 1 is 1.22 bits per heavy atom. The Balaban J connectivity index is 0.000000494. The van der Waals surface area contributed by atoms with Crippen molar-refractivity contribution in [2.24, 2.45) is 17.8 Å². The molecule has 2 nitrogen and oxygen atoms in total. The molecule has 108 valence electrons. The molecule has 0 radical (unpaired) electrons. The number of carbonyl (C=O) groups excluding carboxylic acids is 1. The van der Waals surface area contributed by atoms with Gasteiger partial charge in [0, 0.05) is 0 Å². The first-order valence-electron chi connectivity index (χ1n) is 6.29. The molecule has 0 spiro atoms. The molecule has 1 rings (SSSR count). The van der Waals surface area contributed by atoms with Gasteiger partial charge in [-0.25, -0.2) is 0 Å². The maximum Gasteiger partial charge on any atom is 0.308 e. The van der Waals surface area contributed by atoms with E-state index in [0.717, 1.165) is 5.92 Å². The van der Waals surface area contributed by atoms with Gasteiger partial charge < -0.3 is 4.74 Å². The molecule has 0 aliphatic heterocycles. The van der Waals surface area contributed by atoms with Crippen LogP contribution < -0.4 is 0 Å². The van der Waals surface area contributed by atoms with E-state index in [-0.39, 0.29) is 11.9 Å². The Hall–Kier alpha value is 1.66. The van der Waals surface area contributed by atoms with Crippen LogP contribution in [0.2, 0.25) is 0 Å². The third-order valence-electron chi connectivity index (χ3n) is 3.34. The molecule has 18 heavy (non-hydrogen) atoms. The van der Waals surface area contributed by atoms with Crippen molar-refractivity contribution in [3.63, 3.8) is 0 Å². The van der Waals surface area contributed by atoms with E-state index < -0.39 is 0 Å². The summed E-state index contributed by atoms with van der Waals surface area (Å²) in [5.41, 5.74) is 0. The first-order chi connectivity index (χ1) is 8.15. The van der Waals surface area contributed by atoms with Crippen LogP contribution in [0.25, 0.3) is 0 Å². The molecule has 1 atom stereocenters. The zero-order valence-corrected chi connectivity index (χ0v) is 18.0. The maximum atomic E-state index is 11.3. The van der Waals surface area contributed by atoms with E-state index in [1.165, 1.54) is 32.8 Å². The van der Waals surface area contributed by atoms with E-state index in [9.17, 15) is 4.79 Å². The number of ether oxygens (including phenoxy) is 1. The number of methoxy groups -OCH3 is 1. The molecular formula is C13H23I3O2. The molecule has 5 heteroatoms. The van der Waals surface area contributed by atoms with Crippen LogP contribution in [0.15, 0.2) is 0 Å². The standard InChI is InChI=1S/C11H20O2.C2H3I3/c1-8-4-6-10(7-5-8)9(2)11(12)13-3;1-2(3,4)5/h8-10H,4-7H2,1-3H3;1H3. The molecule has 0 aromatic heterocycles. The Morgan fingerprint density at radius 2 is 1.61 bits per heavy atom. The van der Waals surface area contributed by atoms with E-state index in [0.29, 0.717) is 5.35 Å². The summed E-state index contributed by atoms with van der Waals surface area (Å²) in [7, 11) is 1.48. The highest BCUT2D eigenvalue weighted by molar-refractivity contribution is 14.3. The Kier molecular flexibility index (Phi) is 10.5. The van der Waals surface area contributed by atoms with Crippen LogP contribution in [0.1, 0.15) is 46.5 Å². The highest BCUT2D eigenvalue weighted by Crippen LogP contribution is 2.34. The third kappa shape index (κ3) is 10.4. The van der Waals surface area contributed by atoms with E-state index in [2.05, 4.69) is 81.6 Å². The number of halogens is 3. The lowest BCUT2D eigenvalue weighted by molar-refractivity contribution is -0.147. The quantitative estimate of drug-likeness (QED) is 0.238. The van der Waals surface area contributed by atoms with E-state index in [4.69, 9.17) is 4.74 Å². The summed E-state index contributed by atoms with van der Waals surface area (Å²) in [4.78, 5) is 11.3. The van der Waals surface area contributed by atoms with Crippen LogP contribution in [-0.2, 0) is 9.53 Å². The zero-order valence-electron chi connectivity index (χ0n) is 11.5. The number of rotatable bonds is 2. The van der Waals surface area contributed by atoms with E-state index in [1.807, 2.05) is 6.92 Å². The molecule has 0 aromatic carbocycles. The van der Waals surface area contributed by atoms with Crippen LogP contribution in [0.3, 0.4) is 0 Å². The van der Waals surface area contributed by atoms with Crippen molar-refractivity contribution in [2.75, 3.05) is 7.11 Å². The zero-order chi connectivity index (χ0) is 14.3. The SMILES string of the molecule is CC(I)(I)I.COC(=O)C(C)C1CCC(C)CC1. The van der Waals surface area contributed by atoms with Crippen LogP contribution in [0, 0.1) is 17.8 Å². The summed E-state index contributed by atoms with van der Waals surface area (Å²) in [5.74, 6) is 1.46. The predicted molar refractivity (Wildman–Crippen MR) is 103 cm³/mol. The van der Waals surface area contributed by atoms with Crippen molar-refractivity contribution < 1.29 is 9.53 Å². The third-order valence-corrected chi connectivity index (χ3v) is 3.34. The molecule has 0 heterocycles. The lowest BCUT2D eigenvalue weighted by Gasteiger charge is -2.29. The Morgan fingerprint density at radius 3 is 1.94 bits per heavy atom. The lowest BCUT2D eigenvalue weighted by Crippen LogP contribution is -2.25. The first kappa shape index (κ1) is 19.7. The minimum absolute atomic E-state index is 0.0421. The molecule has 0 N–H and O–H groups in total. The van der Waals surface area contributed by atoms with Gasteiger partial charge in [0.05, 0.1) is 13.0 Å². The summed E-state index contributed by atoms with van der Waals surface area (Å²) in [5, 5.41) is 0. The molecule has 1 aliphatic rings. The van der Waals surface area contributed by atoms with Crippen molar-refractivity contribution in [1.82, 2.24) is 0 Å². The normalized spacial score (nSPS) is 25.7. The summed E-state index contributed by atoms with van der Waals surface area (Å²) in [6.07, 6.45) is 4.92. The second kappa shape index (κ2) is 9.57. The minimum Gasteiger partial charge on any atom is -0.469 e. The highest BCUT2D eigenvalue weighted by atomic mass is 127. The van der Waals surface area contributed by atoms with Crippen LogP contribution in [-0.4, -0.2) is 12.5 Å². The Bertz CT molecular complexity index is 237. The van der Waals surface area contributed by atoms with Gasteiger partial charge in [-0.3, -0.25) is 4.79 Å². The number of alkyl halides is 3. The van der Waals surface area contributed by atoms with E-state index >= 15 is 0 Å². The fraction of sp³-hybridized carbons (Fsp3) is 0.923. The van der Waals surface area contributed by atoms with Crippen molar-refractivity contribution in [3.05, 3.63) is 0 Å².